The van der Waals surface area contributed by atoms with Gasteiger partial charge >= 0.3 is 12.1 Å². The van der Waals surface area contributed by atoms with E-state index in [0.717, 1.165) is 17.0 Å². The molecule has 0 radical (unpaired) electrons. The molecule has 1 saturated heterocycles. The number of anilines is 1. The van der Waals surface area contributed by atoms with Crippen molar-refractivity contribution in [1.29, 1.82) is 0 Å². The largest absolute Gasteiger partial charge is 0.454 e. The highest BCUT2D eigenvalue weighted by Crippen LogP contribution is 2.31. The van der Waals surface area contributed by atoms with Crippen LogP contribution in [0, 0.1) is 13.8 Å². The molecule has 0 spiro atoms. The second kappa shape index (κ2) is 9.44. The summed E-state index contributed by atoms with van der Waals surface area (Å²) < 4.78 is 46.0. The van der Waals surface area contributed by atoms with E-state index in [1.807, 2.05) is 0 Å². The van der Waals surface area contributed by atoms with Crippen LogP contribution in [0.15, 0.2) is 54.6 Å². The lowest BCUT2D eigenvalue weighted by atomic mass is 10.1. The molecule has 0 atom stereocenters. The molecule has 10 heteroatoms. The molecule has 0 aliphatic carbocycles. The van der Waals surface area contributed by atoms with Gasteiger partial charge in [-0.1, -0.05) is 6.07 Å². The Bertz CT molecular complexity index is 1360. The average molecular weight is 498 g/mol. The van der Waals surface area contributed by atoms with Crippen molar-refractivity contribution in [2.75, 3.05) is 11.5 Å². The van der Waals surface area contributed by atoms with Crippen molar-refractivity contribution in [1.82, 2.24) is 4.57 Å². The molecule has 1 fully saturated rings. The molecule has 2 heterocycles. The molecule has 186 valence electrons. The van der Waals surface area contributed by atoms with E-state index in [0.29, 0.717) is 17.1 Å². The van der Waals surface area contributed by atoms with Crippen molar-refractivity contribution in [2.45, 2.75) is 32.9 Å². The number of hydrogen-bond acceptors (Lipinski definition) is 5. The van der Waals surface area contributed by atoms with Crippen molar-refractivity contribution in [3.8, 4) is 5.69 Å². The van der Waals surface area contributed by atoms with Gasteiger partial charge in [-0.3, -0.25) is 19.3 Å². The Labute approximate surface area is 204 Å². The van der Waals surface area contributed by atoms with Crippen molar-refractivity contribution in [3.05, 3.63) is 82.7 Å². The molecular weight excluding hydrogens is 477 g/mol. The number of rotatable bonds is 6. The Balaban J connectivity index is 1.46. The van der Waals surface area contributed by atoms with E-state index >= 15 is 0 Å². The third-order valence-electron chi connectivity index (χ3n) is 5.91. The molecule has 3 aromatic rings. The number of benzene rings is 2. The molecule has 0 bridgehead atoms. The molecule has 1 aromatic heterocycles. The van der Waals surface area contributed by atoms with Crippen LogP contribution in [0.25, 0.3) is 5.69 Å². The number of amides is 2. The SMILES string of the molecule is Cc1cc(C(=O)COC(=O)c2ccc(N3C(=O)CCC3=O)cc2)c(C)n1-c1cccc(C(F)(F)F)c1. The number of hydrogen-bond donors (Lipinski definition) is 0. The zero-order valence-electron chi connectivity index (χ0n) is 19.4. The highest BCUT2D eigenvalue weighted by atomic mass is 19.4. The summed E-state index contributed by atoms with van der Waals surface area (Å²) in [5.74, 6) is -1.92. The molecule has 0 saturated carbocycles. The minimum absolute atomic E-state index is 0.125. The predicted octanol–water partition coefficient (Wildman–Crippen LogP) is 4.81. The maximum absolute atomic E-state index is 13.1. The summed E-state index contributed by atoms with van der Waals surface area (Å²) in [7, 11) is 0. The van der Waals surface area contributed by atoms with Gasteiger partial charge in [0.05, 0.1) is 16.8 Å². The third kappa shape index (κ3) is 4.79. The molecule has 2 amide bonds. The fraction of sp³-hybridized carbons (Fsp3) is 0.231. The minimum Gasteiger partial charge on any atom is -0.454 e. The number of nitrogens with zero attached hydrogens (tertiary/aromatic N) is 2. The van der Waals surface area contributed by atoms with Gasteiger partial charge in [-0.15, -0.1) is 0 Å². The summed E-state index contributed by atoms with van der Waals surface area (Å²) in [5, 5.41) is 0. The highest BCUT2D eigenvalue weighted by Gasteiger charge is 2.31. The molecule has 1 aliphatic rings. The average Bonchev–Trinajstić information content (AvgIpc) is 3.33. The highest BCUT2D eigenvalue weighted by molar-refractivity contribution is 6.19. The summed E-state index contributed by atoms with van der Waals surface area (Å²) in [4.78, 5) is 49.9. The molecule has 1 aliphatic heterocycles. The standard InChI is InChI=1S/C26H21F3N2O5/c1-15-12-21(16(2)30(15)20-5-3-4-18(13-20)26(27,28)29)22(32)14-36-25(35)17-6-8-19(9-7-17)31-23(33)10-11-24(31)34/h3-9,12-13H,10-11,14H2,1-2H3. The topological polar surface area (TPSA) is 85.7 Å². The summed E-state index contributed by atoms with van der Waals surface area (Å²) in [6, 6.07) is 12.0. The molecule has 4 rings (SSSR count). The fourth-order valence-electron chi connectivity index (χ4n) is 4.17. The second-order valence-corrected chi connectivity index (χ2v) is 8.34. The number of ether oxygens (including phenoxy) is 1. The van der Waals surface area contributed by atoms with E-state index in [9.17, 15) is 32.3 Å². The number of alkyl halides is 3. The quantitative estimate of drug-likeness (QED) is 0.277. The van der Waals surface area contributed by atoms with Gasteiger partial charge in [-0.2, -0.15) is 13.2 Å². The van der Waals surface area contributed by atoms with Crippen LogP contribution in [0.4, 0.5) is 18.9 Å². The molecule has 0 N–H and O–H groups in total. The zero-order chi connectivity index (χ0) is 26.2. The summed E-state index contributed by atoms with van der Waals surface area (Å²) in [5.41, 5.74) is 1.10. The van der Waals surface area contributed by atoms with Gasteiger partial charge in [0.2, 0.25) is 17.6 Å². The third-order valence-corrected chi connectivity index (χ3v) is 5.91. The van der Waals surface area contributed by atoms with E-state index in [-0.39, 0.29) is 41.5 Å². The Kier molecular flexibility index (Phi) is 6.53. The Hall–Kier alpha value is -4.21. The Morgan fingerprint density at radius 3 is 2.17 bits per heavy atom. The van der Waals surface area contributed by atoms with Crippen molar-refractivity contribution in [3.63, 3.8) is 0 Å². The maximum atomic E-state index is 13.1. The summed E-state index contributed by atoms with van der Waals surface area (Å²) >= 11 is 0. The van der Waals surface area contributed by atoms with Crippen molar-refractivity contribution in [2.24, 2.45) is 0 Å². The Morgan fingerprint density at radius 1 is 0.917 bits per heavy atom. The van der Waals surface area contributed by atoms with E-state index in [1.54, 1.807) is 13.8 Å². The van der Waals surface area contributed by atoms with Gasteiger partial charge in [0, 0.05) is 35.5 Å². The van der Waals surface area contributed by atoms with Gasteiger partial charge in [0.15, 0.2) is 6.61 Å². The first-order valence-electron chi connectivity index (χ1n) is 11.0. The van der Waals surface area contributed by atoms with Crippen molar-refractivity contribution < 1.29 is 37.1 Å². The van der Waals surface area contributed by atoms with Gasteiger partial charge < -0.3 is 9.30 Å². The summed E-state index contributed by atoms with van der Waals surface area (Å²) in [6.07, 6.45) is -4.23. The summed E-state index contributed by atoms with van der Waals surface area (Å²) in [6.45, 7) is 2.69. The van der Waals surface area contributed by atoms with Crippen molar-refractivity contribution >= 4 is 29.3 Å². The number of aryl methyl sites for hydroxylation is 1. The van der Waals surface area contributed by atoms with Gasteiger partial charge in [0.1, 0.15) is 0 Å². The van der Waals surface area contributed by atoms with Crippen LogP contribution < -0.4 is 4.90 Å². The molecule has 0 unspecified atom stereocenters. The smallest absolute Gasteiger partial charge is 0.416 e. The van der Waals surface area contributed by atoms with E-state index < -0.39 is 30.1 Å². The monoisotopic (exact) mass is 498 g/mol. The Morgan fingerprint density at radius 2 is 1.56 bits per heavy atom. The number of ketones is 1. The van der Waals surface area contributed by atoms with E-state index in [1.165, 1.54) is 47.0 Å². The lowest BCUT2D eigenvalue weighted by molar-refractivity contribution is -0.137. The first kappa shape index (κ1) is 24.9. The lowest BCUT2D eigenvalue weighted by Crippen LogP contribution is -2.28. The van der Waals surface area contributed by atoms with Crippen LogP contribution in [0.2, 0.25) is 0 Å². The normalized spacial score (nSPS) is 13.9. The predicted molar refractivity (Wildman–Crippen MR) is 123 cm³/mol. The van der Waals surface area contributed by atoms with Crippen LogP contribution in [0.3, 0.4) is 0 Å². The number of carbonyl (C=O) groups excluding carboxylic acids is 4. The first-order chi connectivity index (χ1) is 17.0. The van der Waals surface area contributed by atoms with Crippen LogP contribution in [-0.4, -0.2) is 34.7 Å². The van der Waals surface area contributed by atoms with E-state index in [4.69, 9.17) is 4.74 Å². The first-order valence-corrected chi connectivity index (χ1v) is 11.0. The minimum atomic E-state index is -4.50. The number of halogens is 3. The van der Waals surface area contributed by atoms with Gasteiger partial charge in [-0.25, -0.2) is 4.79 Å². The number of carbonyl (C=O) groups is 4. The zero-order valence-corrected chi connectivity index (χ0v) is 19.4. The molecule has 2 aromatic carbocycles. The molecule has 36 heavy (non-hydrogen) atoms. The van der Waals surface area contributed by atoms with Crippen LogP contribution in [0.1, 0.15) is 50.5 Å². The van der Waals surface area contributed by atoms with Gasteiger partial charge in [-0.05, 0) is 62.4 Å². The maximum Gasteiger partial charge on any atom is 0.416 e. The lowest BCUT2D eigenvalue weighted by Gasteiger charge is -2.14. The van der Waals surface area contributed by atoms with Crippen LogP contribution >= 0.6 is 0 Å². The van der Waals surface area contributed by atoms with Gasteiger partial charge in [0.25, 0.3) is 0 Å². The van der Waals surface area contributed by atoms with Crippen LogP contribution in [-0.2, 0) is 20.5 Å². The number of aromatic nitrogens is 1. The number of esters is 1. The van der Waals surface area contributed by atoms with Crippen LogP contribution in [0.5, 0.6) is 0 Å². The molecule has 7 nitrogen and oxygen atoms in total. The number of imide groups is 1. The van der Waals surface area contributed by atoms with E-state index in [2.05, 4.69) is 0 Å². The number of Topliss-reactive ketones (excluding diaryl/α,β-unsaturated/α-hetero) is 1. The second-order valence-electron chi connectivity index (χ2n) is 8.34. The molecular formula is C26H21F3N2O5. The fourth-order valence-corrected chi connectivity index (χ4v) is 4.17.